The van der Waals surface area contributed by atoms with E-state index in [2.05, 4.69) is 29.3 Å². The van der Waals surface area contributed by atoms with Crippen LogP contribution in [0, 0.1) is 11.3 Å². The molecule has 1 atom stereocenters. The lowest BCUT2D eigenvalue weighted by Crippen LogP contribution is -2.27. The van der Waals surface area contributed by atoms with Crippen LogP contribution in [-0.2, 0) is 0 Å². The van der Waals surface area contributed by atoms with Crippen molar-refractivity contribution >= 4 is 11.7 Å². The van der Waals surface area contributed by atoms with E-state index in [1.807, 2.05) is 0 Å². The number of rotatable bonds is 4. The Hall–Kier alpha value is -2.11. The largest absolute Gasteiger partial charge is 0.409 e. The second-order valence-corrected chi connectivity index (χ2v) is 5.52. The first kappa shape index (κ1) is 13.3. The Balaban J connectivity index is 1.93. The van der Waals surface area contributed by atoms with E-state index in [1.165, 1.54) is 6.20 Å². The number of hydrogen-bond acceptors (Lipinski definition) is 4. The lowest BCUT2D eigenvalue weighted by molar-refractivity contribution is 0.0945. The first-order valence-electron chi connectivity index (χ1n) is 6.16. The topological polar surface area (TPSA) is 101 Å². The van der Waals surface area contributed by atoms with Crippen molar-refractivity contribution in [3.05, 3.63) is 29.6 Å². The first-order chi connectivity index (χ1) is 8.94. The van der Waals surface area contributed by atoms with Crippen molar-refractivity contribution < 1.29 is 10.0 Å². The Morgan fingerprint density at radius 3 is 2.79 bits per heavy atom. The number of nitrogens with zero attached hydrogens (tertiary/aromatic N) is 2. The van der Waals surface area contributed by atoms with Crippen molar-refractivity contribution in [1.29, 1.82) is 0 Å². The SMILES string of the molecule is CC1(C)CC1CNC(=O)c1ccc(/C(N)=N/O)cn1. The van der Waals surface area contributed by atoms with E-state index in [-0.39, 0.29) is 11.7 Å². The molecule has 6 heteroatoms. The maximum Gasteiger partial charge on any atom is 0.269 e. The molecule has 102 valence electrons. The van der Waals surface area contributed by atoms with Crippen LogP contribution in [0.5, 0.6) is 0 Å². The maximum atomic E-state index is 11.9. The van der Waals surface area contributed by atoms with Gasteiger partial charge in [0.15, 0.2) is 5.84 Å². The lowest BCUT2D eigenvalue weighted by Gasteiger charge is -2.06. The summed E-state index contributed by atoms with van der Waals surface area (Å²) in [7, 11) is 0. The van der Waals surface area contributed by atoms with Crippen LogP contribution < -0.4 is 11.1 Å². The van der Waals surface area contributed by atoms with Crippen LogP contribution >= 0.6 is 0 Å². The summed E-state index contributed by atoms with van der Waals surface area (Å²) in [5.74, 6) is 0.320. The van der Waals surface area contributed by atoms with Gasteiger partial charge >= 0.3 is 0 Å². The standard InChI is InChI=1S/C13H18N4O2/c1-13(2)5-9(13)7-16-12(18)10-4-3-8(6-15-10)11(14)17-19/h3-4,6,9,19H,5,7H2,1-2H3,(H2,14,17)(H,16,18). The lowest BCUT2D eigenvalue weighted by atomic mass is 10.1. The number of carbonyl (C=O) groups is 1. The van der Waals surface area contributed by atoms with E-state index < -0.39 is 0 Å². The highest BCUT2D eigenvalue weighted by atomic mass is 16.4. The Bertz CT molecular complexity index is 508. The molecule has 2 rings (SSSR count). The predicted octanol–water partition coefficient (Wildman–Crippen LogP) is 0.952. The summed E-state index contributed by atoms with van der Waals surface area (Å²) in [6, 6.07) is 3.15. The van der Waals surface area contributed by atoms with Gasteiger partial charge in [-0.25, -0.2) is 0 Å². The number of aromatic nitrogens is 1. The van der Waals surface area contributed by atoms with Crippen molar-refractivity contribution in [2.45, 2.75) is 20.3 Å². The van der Waals surface area contributed by atoms with Crippen LogP contribution in [0.1, 0.15) is 36.3 Å². The minimum absolute atomic E-state index is 0.0285. The van der Waals surface area contributed by atoms with E-state index in [1.54, 1.807) is 12.1 Å². The molecule has 0 aromatic carbocycles. The highest BCUT2D eigenvalue weighted by Gasteiger charge is 2.45. The molecule has 6 nitrogen and oxygen atoms in total. The van der Waals surface area contributed by atoms with E-state index in [0.717, 1.165) is 6.42 Å². The molecule has 0 radical (unpaired) electrons. The molecule has 0 spiro atoms. The minimum Gasteiger partial charge on any atom is -0.409 e. The van der Waals surface area contributed by atoms with Gasteiger partial charge in [0.05, 0.1) is 0 Å². The van der Waals surface area contributed by atoms with E-state index in [4.69, 9.17) is 10.9 Å². The van der Waals surface area contributed by atoms with Crippen molar-refractivity contribution in [1.82, 2.24) is 10.3 Å². The van der Waals surface area contributed by atoms with E-state index in [0.29, 0.717) is 29.1 Å². The van der Waals surface area contributed by atoms with Gasteiger partial charge in [0.25, 0.3) is 5.91 Å². The van der Waals surface area contributed by atoms with Crippen molar-refractivity contribution in [2.75, 3.05) is 6.54 Å². The zero-order chi connectivity index (χ0) is 14.0. The quantitative estimate of drug-likeness (QED) is 0.325. The molecule has 1 aromatic rings. The third-order valence-corrected chi connectivity index (χ3v) is 3.63. The number of amidine groups is 1. The Kier molecular flexibility index (Phi) is 3.42. The molecule has 1 aliphatic rings. The monoisotopic (exact) mass is 262 g/mol. The van der Waals surface area contributed by atoms with Crippen molar-refractivity contribution in [3.8, 4) is 0 Å². The second-order valence-electron chi connectivity index (χ2n) is 5.52. The van der Waals surface area contributed by atoms with Gasteiger partial charge in [-0.1, -0.05) is 19.0 Å². The third-order valence-electron chi connectivity index (χ3n) is 3.63. The highest BCUT2D eigenvalue weighted by Crippen LogP contribution is 2.50. The molecule has 1 aromatic heterocycles. The number of carbonyl (C=O) groups excluding carboxylic acids is 1. The number of pyridine rings is 1. The van der Waals surface area contributed by atoms with E-state index in [9.17, 15) is 4.79 Å². The van der Waals surface area contributed by atoms with Gasteiger partial charge in [-0.15, -0.1) is 0 Å². The van der Waals surface area contributed by atoms with Gasteiger partial charge in [-0.2, -0.15) is 0 Å². The van der Waals surface area contributed by atoms with Crippen LogP contribution in [0.25, 0.3) is 0 Å². The van der Waals surface area contributed by atoms with Gasteiger partial charge < -0.3 is 16.3 Å². The minimum atomic E-state index is -0.200. The van der Waals surface area contributed by atoms with Gasteiger partial charge in [-0.05, 0) is 29.9 Å². The van der Waals surface area contributed by atoms with Crippen molar-refractivity contribution in [2.24, 2.45) is 22.2 Å². The number of amides is 1. The normalized spacial score (nSPS) is 20.9. The molecule has 0 aliphatic heterocycles. The first-order valence-corrected chi connectivity index (χ1v) is 6.16. The Morgan fingerprint density at radius 1 is 1.63 bits per heavy atom. The van der Waals surface area contributed by atoms with Crippen LogP contribution in [0.3, 0.4) is 0 Å². The summed E-state index contributed by atoms with van der Waals surface area (Å²) in [6.45, 7) is 5.05. The average molecular weight is 262 g/mol. The van der Waals surface area contributed by atoms with Gasteiger partial charge in [0.2, 0.25) is 0 Å². The molecule has 1 heterocycles. The Morgan fingerprint density at radius 2 is 2.32 bits per heavy atom. The van der Waals surface area contributed by atoms with Gasteiger partial charge in [0, 0.05) is 18.3 Å². The molecule has 1 aliphatic carbocycles. The summed E-state index contributed by atoms with van der Waals surface area (Å²) in [5, 5.41) is 14.3. The maximum absolute atomic E-state index is 11.9. The van der Waals surface area contributed by atoms with Crippen molar-refractivity contribution in [3.63, 3.8) is 0 Å². The average Bonchev–Trinajstić information content (AvgIpc) is 3.03. The Labute approximate surface area is 111 Å². The zero-order valence-electron chi connectivity index (χ0n) is 11.1. The summed E-state index contributed by atoms with van der Waals surface area (Å²) in [4.78, 5) is 15.9. The molecule has 19 heavy (non-hydrogen) atoms. The molecule has 1 unspecified atom stereocenters. The molecule has 0 saturated heterocycles. The summed E-state index contributed by atoms with van der Waals surface area (Å²) in [6.07, 6.45) is 2.55. The predicted molar refractivity (Wildman–Crippen MR) is 71.0 cm³/mol. The smallest absolute Gasteiger partial charge is 0.269 e. The fourth-order valence-corrected chi connectivity index (χ4v) is 1.97. The molecule has 4 N–H and O–H groups in total. The third kappa shape index (κ3) is 3.01. The number of hydrogen-bond donors (Lipinski definition) is 3. The van der Waals surface area contributed by atoms with Crippen LogP contribution in [-0.4, -0.2) is 28.5 Å². The summed E-state index contributed by atoms with van der Waals surface area (Å²) in [5.41, 5.74) is 6.56. The second kappa shape index (κ2) is 4.87. The molecule has 1 amide bonds. The fourth-order valence-electron chi connectivity index (χ4n) is 1.97. The fraction of sp³-hybridized carbons (Fsp3) is 0.462. The number of oxime groups is 1. The summed E-state index contributed by atoms with van der Waals surface area (Å²) < 4.78 is 0. The van der Waals surface area contributed by atoms with E-state index >= 15 is 0 Å². The number of nitrogens with two attached hydrogens (primary N) is 1. The molecule has 0 bridgehead atoms. The van der Waals surface area contributed by atoms with Crippen LogP contribution in [0.4, 0.5) is 0 Å². The molecular weight excluding hydrogens is 244 g/mol. The summed E-state index contributed by atoms with van der Waals surface area (Å²) >= 11 is 0. The van der Waals surface area contributed by atoms with Crippen LogP contribution in [0.2, 0.25) is 0 Å². The zero-order valence-corrected chi connectivity index (χ0v) is 11.1. The van der Waals surface area contributed by atoms with Gasteiger partial charge in [-0.3, -0.25) is 9.78 Å². The van der Waals surface area contributed by atoms with Crippen LogP contribution in [0.15, 0.2) is 23.5 Å². The van der Waals surface area contributed by atoms with Gasteiger partial charge in [0.1, 0.15) is 5.69 Å². The molecule has 1 saturated carbocycles. The molecular formula is C13H18N4O2. The molecule has 1 fully saturated rings. The number of nitrogens with one attached hydrogen (secondary N) is 1. The highest BCUT2D eigenvalue weighted by molar-refractivity contribution is 5.98.